The van der Waals surface area contributed by atoms with Gasteiger partial charge in [-0.1, -0.05) is 310 Å². The second kappa shape index (κ2) is 58.9. The standard InChI is InChI=1S/C36H70O4.C20H42O/c1-3-5-7-9-11-13-15-17-19-21-23-25-27-29-31-33-35(37)39-40-36(38)34-32-30-28-26-24-22-20-18-16-14-12-10-8-6-4-2;1-2-3-4-5-6-7-8-9-10-11-12-13-14-15-16-17-18-19-20-21/h3-34H2,1-2H3;21H,2-20H2,1H3. The molecule has 0 spiro atoms. The highest BCUT2D eigenvalue weighted by molar-refractivity contribution is 5.72. The van der Waals surface area contributed by atoms with E-state index in [1.165, 1.54) is 276 Å². The molecule has 0 aliphatic heterocycles. The normalized spacial score (nSPS) is 11.1. The van der Waals surface area contributed by atoms with Gasteiger partial charge in [0.05, 0.1) is 12.8 Å². The Kier molecular flexibility index (Phi) is 59.9. The van der Waals surface area contributed by atoms with Gasteiger partial charge >= 0.3 is 11.9 Å². The van der Waals surface area contributed by atoms with E-state index in [0.29, 0.717) is 19.4 Å². The van der Waals surface area contributed by atoms with E-state index in [0.717, 1.165) is 32.1 Å². The van der Waals surface area contributed by atoms with Gasteiger partial charge in [-0.25, -0.2) is 19.4 Å². The van der Waals surface area contributed by atoms with E-state index in [-0.39, 0.29) is 0 Å². The monoisotopic (exact) mass is 865 g/mol. The van der Waals surface area contributed by atoms with Crippen LogP contribution in [0.1, 0.15) is 342 Å². The van der Waals surface area contributed by atoms with Crippen molar-refractivity contribution in [2.75, 3.05) is 6.61 Å². The Morgan fingerprint density at radius 1 is 0.246 bits per heavy atom. The van der Waals surface area contributed by atoms with E-state index >= 15 is 0 Å². The van der Waals surface area contributed by atoms with Crippen LogP contribution in [0.2, 0.25) is 0 Å². The molecular formula is C56H112O5. The molecule has 0 aromatic carbocycles. The predicted molar refractivity (Wildman–Crippen MR) is 267 cm³/mol. The maximum Gasteiger partial charge on any atom is 0.355 e. The minimum absolute atomic E-state index is 0.338. The molecule has 0 radical (unpaired) electrons. The molecule has 0 aromatic rings. The minimum Gasteiger partial charge on any atom is -0.396 e. The number of aliphatic hydroxyl groups excluding tert-OH is 1. The molecule has 0 aliphatic carbocycles. The van der Waals surface area contributed by atoms with Gasteiger partial charge in [-0.05, 0) is 19.3 Å². The molecule has 0 amide bonds. The van der Waals surface area contributed by atoms with Crippen molar-refractivity contribution in [1.82, 2.24) is 0 Å². The largest absolute Gasteiger partial charge is 0.396 e. The summed E-state index contributed by atoms with van der Waals surface area (Å²) in [6, 6.07) is 0. The van der Waals surface area contributed by atoms with Gasteiger partial charge in [0.1, 0.15) is 0 Å². The van der Waals surface area contributed by atoms with Crippen molar-refractivity contribution >= 4 is 11.9 Å². The maximum absolute atomic E-state index is 11.8. The van der Waals surface area contributed by atoms with Gasteiger partial charge in [-0.3, -0.25) is 0 Å². The Morgan fingerprint density at radius 2 is 0.393 bits per heavy atom. The van der Waals surface area contributed by atoms with Crippen LogP contribution < -0.4 is 0 Å². The number of carbonyl (C=O) groups is 2. The Morgan fingerprint density at radius 3 is 0.557 bits per heavy atom. The Balaban J connectivity index is 0. The maximum atomic E-state index is 11.8. The summed E-state index contributed by atoms with van der Waals surface area (Å²) in [4.78, 5) is 33.0. The van der Waals surface area contributed by atoms with Gasteiger partial charge in [0, 0.05) is 6.61 Å². The van der Waals surface area contributed by atoms with Crippen LogP contribution in [0.4, 0.5) is 0 Å². The van der Waals surface area contributed by atoms with Crippen LogP contribution in [0, 0.1) is 0 Å². The van der Waals surface area contributed by atoms with E-state index in [4.69, 9.17) is 14.9 Å². The summed E-state index contributed by atoms with van der Waals surface area (Å²) in [5.41, 5.74) is 0. The SMILES string of the molecule is CCCCCCCCCCCCCCCCCC(=O)OOC(=O)CCCCCCCCCCCCCCCCC.CCCCCCCCCCCCCCCCCCCCO. The molecule has 1 N–H and O–H groups in total. The number of hydrogen-bond donors (Lipinski definition) is 1. The van der Waals surface area contributed by atoms with Gasteiger partial charge in [0.2, 0.25) is 0 Å². The molecule has 0 aliphatic rings. The zero-order chi connectivity index (χ0) is 44.6. The molecule has 5 heteroatoms. The van der Waals surface area contributed by atoms with Crippen LogP contribution in [0.15, 0.2) is 0 Å². The highest BCUT2D eigenvalue weighted by Gasteiger charge is 2.09. The molecule has 0 rings (SSSR count). The number of aliphatic hydroxyl groups is 1. The third kappa shape index (κ3) is 61.0. The van der Waals surface area contributed by atoms with Crippen molar-refractivity contribution in [3.8, 4) is 0 Å². The molecule has 0 aromatic heterocycles. The van der Waals surface area contributed by atoms with Crippen molar-refractivity contribution < 1.29 is 24.5 Å². The van der Waals surface area contributed by atoms with Crippen molar-refractivity contribution in [3.63, 3.8) is 0 Å². The summed E-state index contributed by atoms with van der Waals surface area (Å²) in [6.45, 7) is 7.21. The van der Waals surface area contributed by atoms with Crippen LogP contribution in [0.25, 0.3) is 0 Å². The molecular weight excluding hydrogens is 753 g/mol. The quantitative estimate of drug-likeness (QED) is 0.0375. The molecule has 0 fully saturated rings. The highest BCUT2D eigenvalue weighted by atomic mass is 17.2. The molecule has 0 saturated heterocycles. The predicted octanol–water partition coefficient (Wildman–Crippen LogP) is 19.5. The van der Waals surface area contributed by atoms with Crippen LogP contribution in [0.3, 0.4) is 0 Å². The van der Waals surface area contributed by atoms with Crippen molar-refractivity contribution in [2.24, 2.45) is 0 Å². The summed E-state index contributed by atoms with van der Waals surface area (Å²) in [6.07, 6.45) is 64.8. The van der Waals surface area contributed by atoms with Gasteiger partial charge in [0.15, 0.2) is 0 Å². The Hall–Kier alpha value is -1.10. The zero-order valence-electron chi connectivity index (χ0n) is 42.1. The lowest BCUT2D eigenvalue weighted by Crippen LogP contribution is -2.11. The first-order valence-corrected chi connectivity index (χ1v) is 28.1. The van der Waals surface area contributed by atoms with E-state index in [9.17, 15) is 9.59 Å². The average molecular weight is 866 g/mol. The summed E-state index contributed by atoms with van der Waals surface area (Å²) in [5.74, 6) is -0.834. The van der Waals surface area contributed by atoms with Crippen LogP contribution in [-0.2, 0) is 19.4 Å². The fourth-order valence-corrected chi connectivity index (χ4v) is 8.47. The van der Waals surface area contributed by atoms with Crippen LogP contribution in [-0.4, -0.2) is 23.7 Å². The van der Waals surface area contributed by atoms with Crippen LogP contribution >= 0.6 is 0 Å². The molecule has 0 atom stereocenters. The third-order valence-electron chi connectivity index (χ3n) is 12.7. The third-order valence-corrected chi connectivity index (χ3v) is 12.7. The van der Waals surface area contributed by atoms with E-state index in [1.807, 2.05) is 0 Å². The van der Waals surface area contributed by atoms with Crippen molar-refractivity contribution in [3.05, 3.63) is 0 Å². The molecule has 0 saturated carbocycles. The fraction of sp³-hybridized carbons (Fsp3) is 0.964. The topological polar surface area (TPSA) is 72.8 Å². The average Bonchev–Trinajstić information content (AvgIpc) is 3.27. The molecule has 0 heterocycles. The number of hydrogen-bond acceptors (Lipinski definition) is 5. The molecule has 5 nitrogen and oxygen atoms in total. The second-order valence-electron chi connectivity index (χ2n) is 19.0. The van der Waals surface area contributed by atoms with E-state index < -0.39 is 11.9 Å². The highest BCUT2D eigenvalue weighted by Crippen LogP contribution is 2.17. The molecule has 366 valence electrons. The Labute approximate surface area is 383 Å². The lowest BCUT2D eigenvalue weighted by molar-refractivity contribution is -0.259. The van der Waals surface area contributed by atoms with Gasteiger partial charge in [-0.2, -0.15) is 0 Å². The number of carbonyl (C=O) groups excluding carboxylic acids is 2. The first-order chi connectivity index (χ1) is 30.1. The van der Waals surface area contributed by atoms with Crippen molar-refractivity contribution in [2.45, 2.75) is 342 Å². The first kappa shape index (κ1) is 62.0. The summed E-state index contributed by atoms with van der Waals surface area (Å²) in [5, 5.41) is 8.69. The lowest BCUT2D eigenvalue weighted by atomic mass is 10.0. The summed E-state index contributed by atoms with van der Waals surface area (Å²) >= 11 is 0. The van der Waals surface area contributed by atoms with E-state index in [2.05, 4.69) is 20.8 Å². The second-order valence-corrected chi connectivity index (χ2v) is 19.0. The van der Waals surface area contributed by atoms with Gasteiger partial charge in [-0.15, -0.1) is 0 Å². The molecule has 61 heavy (non-hydrogen) atoms. The summed E-state index contributed by atoms with van der Waals surface area (Å²) < 4.78 is 0. The number of rotatable bonds is 50. The molecule has 0 bridgehead atoms. The zero-order valence-corrected chi connectivity index (χ0v) is 42.1. The Bertz CT molecular complexity index is 736. The summed E-state index contributed by atoms with van der Waals surface area (Å²) in [7, 11) is 0. The van der Waals surface area contributed by atoms with Crippen molar-refractivity contribution in [1.29, 1.82) is 0 Å². The molecule has 0 unspecified atom stereocenters. The first-order valence-electron chi connectivity index (χ1n) is 28.1. The smallest absolute Gasteiger partial charge is 0.355 e. The van der Waals surface area contributed by atoms with Gasteiger partial charge in [0.25, 0.3) is 0 Å². The van der Waals surface area contributed by atoms with Gasteiger partial charge < -0.3 is 5.11 Å². The number of unbranched alkanes of at least 4 members (excludes halogenated alkanes) is 45. The van der Waals surface area contributed by atoms with E-state index in [1.54, 1.807) is 0 Å². The fourth-order valence-electron chi connectivity index (χ4n) is 8.47. The minimum atomic E-state index is -0.417. The van der Waals surface area contributed by atoms with Crippen LogP contribution in [0.5, 0.6) is 0 Å². The lowest BCUT2D eigenvalue weighted by Gasteiger charge is -2.05.